The summed E-state index contributed by atoms with van der Waals surface area (Å²) in [6.07, 6.45) is 0. The molecule has 6 nitrogen and oxygen atoms in total. The van der Waals surface area contributed by atoms with Crippen molar-refractivity contribution < 1.29 is 14.3 Å². The van der Waals surface area contributed by atoms with E-state index in [-0.39, 0.29) is 17.0 Å². The monoisotopic (exact) mass is 330 g/mol. The predicted octanol–water partition coefficient (Wildman–Crippen LogP) is 2.55. The Hall–Kier alpha value is -2.86. The number of aromatic nitrogens is 2. The van der Waals surface area contributed by atoms with Crippen LogP contribution in [-0.4, -0.2) is 28.3 Å². The van der Waals surface area contributed by atoms with Gasteiger partial charge < -0.3 is 14.7 Å². The predicted molar refractivity (Wildman–Crippen MR) is 85.0 cm³/mol. The molecule has 0 aliphatic heterocycles. The number of nitrogens with one attached hydrogen (secondary N) is 2. The van der Waals surface area contributed by atoms with Gasteiger partial charge in [-0.15, -0.1) is 0 Å². The molecule has 1 aromatic heterocycles. The molecule has 0 aliphatic carbocycles. The largest absolute Gasteiger partial charge is 0.454 e. The van der Waals surface area contributed by atoms with Crippen molar-refractivity contribution in [2.75, 3.05) is 6.61 Å². The summed E-state index contributed by atoms with van der Waals surface area (Å²) in [6.45, 7) is -0.397. The number of halogens is 1. The van der Waals surface area contributed by atoms with Crippen molar-refractivity contribution in [2.24, 2.45) is 0 Å². The maximum Gasteiger partial charge on any atom is 0.338 e. The smallest absolute Gasteiger partial charge is 0.338 e. The molecule has 3 aromatic rings. The number of fused-ring (bicyclic) bond motifs is 1. The number of ketones is 1. The third-order valence-electron chi connectivity index (χ3n) is 3.23. The molecule has 3 rings (SSSR count). The number of Topliss-reactive ketones (excluding diaryl/α,β-unsaturated/α-hetero) is 1. The van der Waals surface area contributed by atoms with Gasteiger partial charge in [-0.3, -0.25) is 4.79 Å². The van der Waals surface area contributed by atoms with Crippen molar-refractivity contribution in [1.82, 2.24) is 9.97 Å². The number of H-pyrrole nitrogens is 2. The summed E-state index contributed by atoms with van der Waals surface area (Å²) in [4.78, 5) is 40.3. The van der Waals surface area contributed by atoms with E-state index < -0.39 is 12.6 Å². The lowest BCUT2D eigenvalue weighted by Crippen LogP contribution is -2.14. The average Bonchev–Trinajstić information content (AvgIpc) is 2.91. The fourth-order valence-corrected chi connectivity index (χ4v) is 2.31. The number of benzene rings is 2. The minimum absolute atomic E-state index is 0.274. The van der Waals surface area contributed by atoms with Crippen LogP contribution in [0.2, 0.25) is 5.02 Å². The molecule has 0 fully saturated rings. The number of hydrogen-bond acceptors (Lipinski definition) is 4. The number of imidazole rings is 1. The highest BCUT2D eigenvalue weighted by Crippen LogP contribution is 2.13. The minimum Gasteiger partial charge on any atom is -0.454 e. The highest BCUT2D eigenvalue weighted by Gasteiger charge is 2.13. The third kappa shape index (κ3) is 3.32. The Morgan fingerprint density at radius 1 is 1.00 bits per heavy atom. The fourth-order valence-electron chi connectivity index (χ4n) is 2.12. The number of rotatable bonds is 4. The zero-order chi connectivity index (χ0) is 16.4. The van der Waals surface area contributed by atoms with Crippen LogP contribution in [0.15, 0.2) is 47.3 Å². The normalized spacial score (nSPS) is 10.7. The van der Waals surface area contributed by atoms with E-state index in [1.54, 1.807) is 30.3 Å². The molecule has 0 unspecified atom stereocenters. The number of aromatic amines is 2. The molecule has 0 spiro atoms. The second-order valence-electron chi connectivity index (χ2n) is 4.85. The molecule has 0 aliphatic rings. The summed E-state index contributed by atoms with van der Waals surface area (Å²) in [7, 11) is 0. The Balaban J connectivity index is 1.70. The maximum absolute atomic E-state index is 12.1. The zero-order valence-electron chi connectivity index (χ0n) is 11.8. The minimum atomic E-state index is -0.628. The summed E-state index contributed by atoms with van der Waals surface area (Å²) in [5, 5.41) is 0.410. The lowest BCUT2D eigenvalue weighted by atomic mass is 10.1. The molecule has 7 heteroatoms. The summed E-state index contributed by atoms with van der Waals surface area (Å²) in [5.41, 5.74) is 1.38. The van der Waals surface area contributed by atoms with Crippen molar-refractivity contribution in [1.29, 1.82) is 0 Å². The van der Waals surface area contributed by atoms with Gasteiger partial charge in [-0.2, -0.15) is 0 Å². The average molecular weight is 331 g/mol. The lowest BCUT2D eigenvalue weighted by Gasteiger charge is -2.05. The van der Waals surface area contributed by atoms with Gasteiger partial charge >= 0.3 is 11.7 Å². The summed E-state index contributed by atoms with van der Waals surface area (Å²) < 4.78 is 4.99. The highest BCUT2D eigenvalue weighted by molar-refractivity contribution is 6.30. The molecule has 23 heavy (non-hydrogen) atoms. The zero-order valence-corrected chi connectivity index (χ0v) is 12.5. The SMILES string of the molecule is O=C(COC(=O)c1cccc(Cl)c1)c1ccc2[nH]c(=O)[nH]c2c1. The van der Waals surface area contributed by atoms with Gasteiger partial charge in [0.05, 0.1) is 16.6 Å². The van der Waals surface area contributed by atoms with Crippen molar-refractivity contribution in [2.45, 2.75) is 0 Å². The number of carbonyl (C=O) groups excluding carboxylic acids is 2. The first-order chi connectivity index (χ1) is 11.0. The van der Waals surface area contributed by atoms with Crippen LogP contribution in [0.3, 0.4) is 0 Å². The Morgan fingerprint density at radius 2 is 1.78 bits per heavy atom. The van der Waals surface area contributed by atoms with E-state index in [1.165, 1.54) is 12.1 Å². The van der Waals surface area contributed by atoms with Crippen LogP contribution >= 0.6 is 11.6 Å². The Kier molecular flexibility index (Phi) is 3.99. The molecule has 0 saturated carbocycles. The van der Waals surface area contributed by atoms with Gasteiger partial charge in [0, 0.05) is 10.6 Å². The first-order valence-electron chi connectivity index (χ1n) is 6.71. The van der Waals surface area contributed by atoms with E-state index in [2.05, 4.69) is 9.97 Å². The summed E-state index contributed by atoms with van der Waals surface area (Å²) >= 11 is 5.80. The van der Waals surface area contributed by atoms with Crippen LogP contribution in [0.1, 0.15) is 20.7 Å². The van der Waals surface area contributed by atoms with Gasteiger partial charge in [0.15, 0.2) is 12.4 Å². The Labute approximate surface area is 135 Å². The molecule has 1 heterocycles. The van der Waals surface area contributed by atoms with Crippen molar-refractivity contribution in [3.63, 3.8) is 0 Å². The highest BCUT2D eigenvalue weighted by atomic mass is 35.5. The van der Waals surface area contributed by atoms with Crippen LogP contribution in [0.4, 0.5) is 0 Å². The molecule has 2 N–H and O–H groups in total. The van der Waals surface area contributed by atoms with E-state index in [4.69, 9.17) is 16.3 Å². The number of hydrogen-bond donors (Lipinski definition) is 2. The van der Waals surface area contributed by atoms with Gasteiger partial charge in [0.1, 0.15) is 0 Å². The molecule has 2 aromatic carbocycles. The van der Waals surface area contributed by atoms with Crippen LogP contribution in [0.25, 0.3) is 11.0 Å². The molecule has 0 saturated heterocycles. The van der Waals surface area contributed by atoms with Crippen molar-refractivity contribution >= 4 is 34.4 Å². The second kappa shape index (κ2) is 6.10. The molecule has 0 bridgehead atoms. The van der Waals surface area contributed by atoms with Gasteiger partial charge in [0.25, 0.3) is 0 Å². The Bertz CT molecular complexity index is 958. The second-order valence-corrected chi connectivity index (χ2v) is 5.29. The molecular formula is C16H11ClN2O4. The van der Waals surface area contributed by atoms with Gasteiger partial charge in [0.2, 0.25) is 0 Å². The van der Waals surface area contributed by atoms with Crippen molar-refractivity contribution in [3.8, 4) is 0 Å². The molecule has 116 valence electrons. The number of carbonyl (C=O) groups is 2. The lowest BCUT2D eigenvalue weighted by molar-refractivity contribution is 0.0475. The van der Waals surface area contributed by atoms with Crippen LogP contribution in [-0.2, 0) is 4.74 Å². The summed E-state index contributed by atoms with van der Waals surface area (Å²) in [6, 6.07) is 11.0. The van der Waals surface area contributed by atoms with E-state index >= 15 is 0 Å². The first kappa shape index (κ1) is 15.1. The van der Waals surface area contributed by atoms with Gasteiger partial charge in [-0.1, -0.05) is 17.7 Å². The van der Waals surface area contributed by atoms with Crippen LogP contribution in [0, 0.1) is 0 Å². The molecule has 0 radical (unpaired) electrons. The summed E-state index contributed by atoms with van der Waals surface area (Å²) in [5.74, 6) is -0.999. The first-order valence-corrected chi connectivity index (χ1v) is 7.09. The molecule has 0 atom stereocenters. The van der Waals surface area contributed by atoms with Crippen molar-refractivity contribution in [3.05, 3.63) is 69.1 Å². The van der Waals surface area contributed by atoms with E-state index in [0.717, 1.165) is 0 Å². The van der Waals surface area contributed by atoms with Gasteiger partial charge in [-0.25, -0.2) is 9.59 Å². The molecular weight excluding hydrogens is 320 g/mol. The van der Waals surface area contributed by atoms with E-state index in [1.807, 2.05) is 0 Å². The standard InChI is InChI=1S/C16H11ClN2O4/c17-11-3-1-2-10(6-11)15(21)23-8-14(20)9-4-5-12-13(7-9)19-16(22)18-12/h1-7H,8H2,(H2,18,19,22). The third-order valence-corrected chi connectivity index (χ3v) is 3.47. The number of ether oxygens (including phenoxy) is 1. The number of esters is 1. The van der Waals surface area contributed by atoms with Crippen LogP contribution in [0.5, 0.6) is 0 Å². The Morgan fingerprint density at radius 3 is 2.57 bits per heavy atom. The van der Waals surface area contributed by atoms with Crippen LogP contribution < -0.4 is 5.69 Å². The fraction of sp³-hybridized carbons (Fsp3) is 0.0625. The topological polar surface area (TPSA) is 92.0 Å². The van der Waals surface area contributed by atoms with E-state index in [0.29, 0.717) is 21.6 Å². The quantitative estimate of drug-likeness (QED) is 0.568. The van der Waals surface area contributed by atoms with E-state index in [9.17, 15) is 14.4 Å². The molecule has 0 amide bonds. The van der Waals surface area contributed by atoms with Gasteiger partial charge in [-0.05, 0) is 36.4 Å². The maximum atomic E-state index is 12.1.